The molecule has 7 heteroatoms. The highest BCUT2D eigenvalue weighted by Gasteiger charge is 2.09. The average molecular weight is 337 g/mol. The van der Waals surface area contributed by atoms with E-state index in [9.17, 15) is 5.26 Å². The Morgan fingerprint density at radius 3 is 2.81 bits per heavy atom. The zero-order valence-corrected chi connectivity index (χ0v) is 14.4. The first-order valence-corrected chi connectivity index (χ1v) is 9.41. The molecule has 1 N–H and O–H groups in total. The van der Waals surface area contributed by atoms with Gasteiger partial charge in [-0.15, -0.1) is 10.2 Å². The van der Waals surface area contributed by atoms with Crippen LogP contribution in [0.3, 0.4) is 0 Å². The van der Waals surface area contributed by atoms with Gasteiger partial charge in [-0.05, 0) is 36.9 Å². The number of thioether (sulfide) groups is 1. The zero-order chi connectivity index (χ0) is 15.1. The molecule has 0 aliphatic heterocycles. The van der Waals surface area contributed by atoms with Crippen LogP contribution in [0.5, 0.6) is 0 Å². The van der Waals surface area contributed by atoms with Gasteiger partial charge in [0.2, 0.25) is 0 Å². The smallest absolute Gasteiger partial charge is 0.179 e. The van der Waals surface area contributed by atoms with Crippen LogP contribution in [-0.4, -0.2) is 23.0 Å². The second kappa shape index (κ2) is 8.39. The maximum Gasteiger partial charge on any atom is 0.179 e. The minimum atomic E-state index is 0.691. The van der Waals surface area contributed by atoms with Gasteiger partial charge in [-0.3, -0.25) is 0 Å². The van der Waals surface area contributed by atoms with E-state index < -0.39 is 0 Å². The van der Waals surface area contributed by atoms with Crippen LogP contribution < -0.4 is 5.32 Å². The number of rotatable bonds is 7. The van der Waals surface area contributed by atoms with Crippen LogP contribution in [0.2, 0.25) is 0 Å². The Labute approximate surface area is 137 Å². The average Bonchev–Trinajstić information content (AvgIpc) is 2.96. The molecular formula is C14H16N4S3. The summed E-state index contributed by atoms with van der Waals surface area (Å²) in [5.41, 5.74) is 1.82. The lowest BCUT2D eigenvalue weighted by atomic mass is 10.1. The van der Waals surface area contributed by atoms with Crippen molar-refractivity contribution in [3.05, 3.63) is 29.3 Å². The van der Waals surface area contributed by atoms with Gasteiger partial charge in [-0.25, -0.2) is 0 Å². The third-order valence-corrected chi connectivity index (χ3v) is 5.71. The van der Waals surface area contributed by atoms with Crippen molar-refractivity contribution in [2.75, 3.05) is 12.8 Å². The molecule has 1 aromatic carbocycles. The molecule has 2 aromatic rings. The quantitative estimate of drug-likeness (QED) is 0.613. The van der Waals surface area contributed by atoms with Crippen LogP contribution in [-0.2, 0) is 6.54 Å². The minimum absolute atomic E-state index is 0.691. The number of nitrogens with one attached hydrogen (secondary N) is 1. The van der Waals surface area contributed by atoms with Crippen molar-refractivity contribution in [3.63, 3.8) is 0 Å². The molecule has 0 aliphatic rings. The van der Waals surface area contributed by atoms with Crippen molar-refractivity contribution in [1.82, 2.24) is 15.5 Å². The first-order chi connectivity index (χ1) is 10.3. The Hall–Kier alpha value is -1.07. The molecule has 0 saturated carbocycles. The molecule has 0 unspecified atom stereocenters. The standard InChI is InChI=1S/C14H16N4S3/c1-3-6-16-9-10-4-5-12(11(7-10)8-15)20-14-18-17-13(19-2)21-14/h4-5,7,16H,3,6,9H2,1-2H3. The van der Waals surface area contributed by atoms with Crippen molar-refractivity contribution in [3.8, 4) is 6.07 Å². The lowest BCUT2D eigenvalue weighted by Crippen LogP contribution is -2.13. The number of aromatic nitrogens is 2. The fraction of sp³-hybridized carbons (Fsp3) is 0.357. The Morgan fingerprint density at radius 2 is 2.14 bits per heavy atom. The van der Waals surface area contributed by atoms with E-state index in [1.54, 1.807) is 23.1 Å². The summed E-state index contributed by atoms with van der Waals surface area (Å²) < 4.78 is 1.81. The van der Waals surface area contributed by atoms with Gasteiger partial charge < -0.3 is 5.32 Å². The second-order valence-electron chi connectivity index (χ2n) is 4.26. The Balaban J connectivity index is 2.10. The summed E-state index contributed by atoms with van der Waals surface area (Å²) in [6.07, 6.45) is 3.08. The maximum atomic E-state index is 9.32. The molecule has 0 aliphatic carbocycles. The monoisotopic (exact) mass is 336 g/mol. The van der Waals surface area contributed by atoms with Gasteiger partial charge >= 0.3 is 0 Å². The van der Waals surface area contributed by atoms with E-state index in [1.165, 1.54) is 11.8 Å². The van der Waals surface area contributed by atoms with E-state index in [0.29, 0.717) is 5.56 Å². The summed E-state index contributed by atoms with van der Waals surface area (Å²) in [6.45, 7) is 3.92. The lowest BCUT2D eigenvalue weighted by Gasteiger charge is -2.06. The van der Waals surface area contributed by atoms with Crippen molar-refractivity contribution in [2.45, 2.75) is 33.5 Å². The predicted molar refractivity (Wildman–Crippen MR) is 89.0 cm³/mol. The summed E-state index contributed by atoms with van der Waals surface area (Å²) in [6, 6.07) is 8.27. The lowest BCUT2D eigenvalue weighted by molar-refractivity contribution is 0.675. The first-order valence-electron chi connectivity index (χ1n) is 6.56. The number of benzene rings is 1. The molecular weight excluding hydrogens is 320 g/mol. The highest BCUT2D eigenvalue weighted by molar-refractivity contribution is 8.03. The number of nitrogens with zero attached hydrogens (tertiary/aromatic N) is 3. The molecule has 0 bridgehead atoms. The van der Waals surface area contributed by atoms with Gasteiger partial charge in [0.1, 0.15) is 6.07 Å². The van der Waals surface area contributed by atoms with Gasteiger partial charge in [0.05, 0.1) is 5.56 Å². The zero-order valence-electron chi connectivity index (χ0n) is 11.9. The molecule has 0 saturated heterocycles. The van der Waals surface area contributed by atoms with E-state index in [2.05, 4.69) is 34.6 Å². The van der Waals surface area contributed by atoms with Gasteiger partial charge in [0, 0.05) is 11.4 Å². The molecule has 2 rings (SSSR count). The fourth-order valence-electron chi connectivity index (χ4n) is 1.69. The highest BCUT2D eigenvalue weighted by atomic mass is 32.2. The number of hydrogen-bond donors (Lipinski definition) is 1. The normalized spacial score (nSPS) is 10.5. The third-order valence-electron chi connectivity index (χ3n) is 2.68. The number of hydrogen-bond acceptors (Lipinski definition) is 7. The third kappa shape index (κ3) is 4.71. The van der Waals surface area contributed by atoms with Crippen LogP contribution in [0.4, 0.5) is 0 Å². The van der Waals surface area contributed by atoms with Crippen molar-refractivity contribution in [1.29, 1.82) is 5.26 Å². The van der Waals surface area contributed by atoms with E-state index >= 15 is 0 Å². The van der Waals surface area contributed by atoms with Gasteiger partial charge in [-0.2, -0.15) is 5.26 Å². The molecule has 4 nitrogen and oxygen atoms in total. The molecule has 0 amide bonds. The van der Waals surface area contributed by atoms with Crippen molar-refractivity contribution < 1.29 is 0 Å². The molecule has 0 radical (unpaired) electrons. The summed E-state index contributed by atoms with van der Waals surface area (Å²) in [4.78, 5) is 0.931. The Bertz CT molecular complexity index is 633. The maximum absolute atomic E-state index is 9.32. The van der Waals surface area contributed by atoms with Crippen LogP contribution in [0.1, 0.15) is 24.5 Å². The summed E-state index contributed by atoms with van der Waals surface area (Å²) in [5, 5.41) is 20.9. The summed E-state index contributed by atoms with van der Waals surface area (Å²) in [7, 11) is 0. The van der Waals surface area contributed by atoms with E-state index in [-0.39, 0.29) is 0 Å². The van der Waals surface area contributed by atoms with Gasteiger partial charge in [0.25, 0.3) is 0 Å². The van der Waals surface area contributed by atoms with Crippen LogP contribution >= 0.6 is 34.9 Å². The predicted octanol–water partition coefficient (Wildman–Crippen LogP) is 3.78. The summed E-state index contributed by atoms with van der Waals surface area (Å²) >= 11 is 4.63. The van der Waals surface area contributed by atoms with Crippen molar-refractivity contribution in [2.24, 2.45) is 0 Å². The Kier molecular flexibility index (Phi) is 6.51. The van der Waals surface area contributed by atoms with E-state index in [4.69, 9.17) is 0 Å². The first kappa shape index (κ1) is 16.3. The van der Waals surface area contributed by atoms with E-state index in [0.717, 1.165) is 38.6 Å². The van der Waals surface area contributed by atoms with Gasteiger partial charge in [-0.1, -0.05) is 47.9 Å². The van der Waals surface area contributed by atoms with Crippen molar-refractivity contribution >= 4 is 34.9 Å². The highest BCUT2D eigenvalue weighted by Crippen LogP contribution is 2.34. The summed E-state index contributed by atoms with van der Waals surface area (Å²) in [5.74, 6) is 0. The van der Waals surface area contributed by atoms with E-state index in [1.807, 2.05) is 18.4 Å². The largest absolute Gasteiger partial charge is 0.313 e. The van der Waals surface area contributed by atoms with Crippen LogP contribution in [0, 0.1) is 11.3 Å². The molecule has 0 spiro atoms. The molecule has 0 fully saturated rings. The number of nitriles is 1. The topological polar surface area (TPSA) is 61.6 Å². The van der Waals surface area contributed by atoms with Crippen LogP contribution in [0.15, 0.2) is 31.8 Å². The molecule has 1 aromatic heterocycles. The molecule has 110 valence electrons. The van der Waals surface area contributed by atoms with Crippen LogP contribution in [0.25, 0.3) is 0 Å². The molecule has 0 atom stereocenters. The van der Waals surface area contributed by atoms with Gasteiger partial charge in [0.15, 0.2) is 8.68 Å². The minimum Gasteiger partial charge on any atom is -0.313 e. The molecule has 1 heterocycles. The second-order valence-corrected chi connectivity index (χ2v) is 7.58. The molecule has 21 heavy (non-hydrogen) atoms. The fourth-order valence-corrected chi connectivity index (χ4v) is 4.14. The Morgan fingerprint density at radius 1 is 1.33 bits per heavy atom. The SMILES string of the molecule is CCCNCc1ccc(Sc2nnc(SC)s2)c(C#N)c1.